The van der Waals surface area contributed by atoms with Gasteiger partial charge in [0.25, 0.3) is 0 Å². The third kappa shape index (κ3) is 4.81. The second kappa shape index (κ2) is 10.7. The quantitative estimate of drug-likeness (QED) is 0.384. The largest absolute Gasteiger partial charge is 0.355 e. The highest BCUT2D eigenvalue weighted by Gasteiger charge is 2.28. The van der Waals surface area contributed by atoms with Crippen molar-refractivity contribution in [3.8, 4) is 16.9 Å². The fourth-order valence-electron chi connectivity index (χ4n) is 5.20. The van der Waals surface area contributed by atoms with Gasteiger partial charge in [0.2, 0.25) is 5.91 Å². The van der Waals surface area contributed by atoms with Gasteiger partial charge in [-0.3, -0.25) is 9.78 Å². The van der Waals surface area contributed by atoms with E-state index in [9.17, 15) is 9.59 Å². The Kier molecular flexibility index (Phi) is 7.33. The number of amides is 1. The molecule has 1 saturated heterocycles. The summed E-state index contributed by atoms with van der Waals surface area (Å²) in [6, 6.07) is 7.06. The Morgan fingerprint density at radius 3 is 2.65 bits per heavy atom. The zero-order chi connectivity index (χ0) is 28.7. The maximum absolute atomic E-state index is 16.0. The molecule has 1 aliphatic rings. The maximum atomic E-state index is 16.0. The SMILES string of the molecule is CC(=O)Nc1cccc(F)c1-c1nc2c(cc1F)c(N1CCNCC1C)nc(=O)n2-c1c(C)ccnc1C(C)C. The van der Waals surface area contributed by atoms with Gasteiger partial charge in [-0.25, -0.2) is 23.1 Å². The van der Waals surface area contributed by atoms with Gasteiger partial charge in [-0.1, -0.05) is 19.9 Å². The zero-order valence-corrected chi connectivity index (χ0v) is 23.0. The van der Waals surface area contributed by atoms with E-state index in [1.54, 1.807) is 12.3 Å². The number of anilines is 2. The lowest BCUT2D eigenvalue weighted by atomic mass is 10.0. The number of fused-ring (bicyclic) bond motifs is 1. The highest BCUT2D eigenvalue weighted by atomic mass is 19.1. The van der Waals surface area contributed by atoms with Crippen LogP contribution in [0.3, 0.4) is 0 Å². The summed E-state index contributed by atoms with van der Waals surface area (Å²) in [4.78, 5) is 41.3. The molecule has 3 aromatic heterocycles. The van der Waals surface area contributed by atoms with E-state index in [4.69, 9.17) is 0 Å². The van der Waals surface area contributed by atoms with E-state index in [1.807, 2.05) is 32.6 Å². The molecule has 0 spiro atoms. The van der Waals surface area contributed by atoms with E-state index in [-0.39, 0.29) is 34.6 Å². The Balaban J connectivity index is 1.91. The molecule has 0 saturated carbocycles. The van der Waals surface area contributed by atoms with E-state index in [2.05, 4.69) is 25.6 Å². The van der Waals surface area contributed by atoms with Gasteiger partial charge in [0.1, 0.15) is 17.3 Å². The standard InChI is InChI=1S/C29H31F2N7O2/c1-15(2)24-26(16(3)9-10-33-24)38-28-19(27(36-29(38)40)37-12-11-32-14-17(37)4)13-21(31)25(35-28)23-20(30)7-6-8-22(23)34-18(5)39/h6-10,13,15,17,32H,11-12,14H2,1-5H3,(H,34,39). The normalized spacial score (nSPS) is 15.6. The molecule has 1 fully saturated rings. The van der Waals surface area contributed by atoms with Gasteiger partial charge in [-0.15, -0.1) is 0 Å². The molecule has 1 amide bonds. The molecular weight excluding hydrogens is 516 g/mol. The van der Waals surface area contributed by atoms with Crippen molar-refractivity contribution in [2.75, 3.05) is 29.9 Å². The molecule has 1 unspecified atom stereocenters. The number of halogens is 2. The zero-order valence-electron chi connectivity index (χ0n) is 23.0. The van der Waals surface area contributed by atoms with Gasteiger partial charge in [0.15, 0.2) is 11.5 Å². The highest BCUT2D eigenvalue weighted by molar-refractivity contribution is 5.96. The first-order valence-electron chi connectivity index (χ1n) is 13.2. The summed E-state index contributed by atoms with van der Waals surface area (Å²) in [7, 11) is 0. The summed E-state index contributed by atoms with van der Waals surface area (Å²) >= 11 is 0. The van der Waals surface area contributed by atoms with Crippen molar-refractivity contribution in [3.63, 3.8) is 0 Å². The minimum atomic E-state index is -0.813. The summed E-state index contributed by atoms with van der Waals surface area (Å²) in [6.07, 6.45) is 1.67. The molecule has 4 aromatic rings. The summed E-state index contributed by atoms with van der Waals surface area (Å²) in [5.41, 5.74) is 0.936. The topological polar surface area (TPSA) is 105 Å². The first kappa shape index (κ1) is 27.3. The number of aromatic nitrogens is 4. The minimum Gasteiger partial charge on any atom is -0.351 e. The van der Waals surface area contributed by atoms with Gasteiger partial charge >= 0.3 is 5.69 Å². The van der Waals surface area contributed by atoms with Gasteiger partial charge in [0, 0.05) is 38.8 Å². The van der Waals surface area contributed by atoms with Crippen molar-refractivity contribution >= 4 is 28.4 Å². The molecule has 1 aliphatic heterocycles. The molecule has 1 atom stereocenters. The number of aryl methyl sites for hydroxylation is 1. The molecule has 1 aromatic carbocycles. The minimum absolute atomic E-state index is 0.0215. The van der Waals surface area contributed by atoms with E-state index >= 15 is 8.78 Å². The number of piperazine rings is 1. The van der Waals surface area contributed by atoms with Crippen LogP contribution < -0.4 is 21.2 Å². The van der Waals surface area contributed by atoms with Crippen molar-refractivity contribution in [1.29, 1.82) is 0 Å². The molecule has 11 heteroatoms. The molecule has 40 heavy (non-hydrogen) atoms. The number of nitrogens with one attached hydrogen (secondary N) is 2. The van der Waals surface area contributed by atoms with Crippen LogP contribution in [-0.4, -0.2) is 51.1 Å². The molecule has 2 N–H and O–H groups in total. The van der Waals surface area contributed by atoms with Crippen molar-refractivity contribution in [1.82, 2.24) is 24.8 Å². The Labute approximate surface area is 230 Å². The van der Waals surface area contributed by atoms with Crippen molar-refractivity contribution in [3.05, 3.63) is 69.9 Å². The Morgan fingerprint density at radius 2 is 1.95 bits per heavy atom. The smallest absolute Gasteiger partial charge is 0.351 e. The van der Waals surface area contributed by atoms with E-state index in [0.717, 1.165) is 5.56 Å². The molecule has 0 aliphatic carbocycles. The van der Waals surface area contributed by atoms with Gasteiger partial charge in [-0.05, 0) is 49.6 Å². The van der Waals surface area contributed by atoms with E-state index in [0.29, 0.717) is 42.2 Å². The number of hydrogen-bond donors (Lipinski definition) is 2. The van der Waals surface area contributed by atoms with Crippen LogP contribution in [0.2, 0.25) is 0 Å². The third-order valence-corrected chi connectivity index (χ3v) is 7.06. The number of pyridine rings is 2. The average Bonchev–Trinajstić information content (AvgIpc) is 2.89. The van der Waals surface area contributed by atoms with Crippen molar-refractivity contribution in [2.45, 2.75) is 46.6 Å². The van der Waals surface area contributed by atoms with Crippen molar-refractivity contribution < 1.29 is 13.6 Å². The van der Waals surface area contributed by atoms with Crippen LogP contribution >= 0.6 is 0 Å². The molecule has 5 rings (SSSR count). The van der Waals surface area contributed by atoms with E-state index < -0.39 is 23.2 Å². The van der Waals surface area contributed by atoms with Crippen LogP contribution in [0.25, 0.3) is 28.0 Å². The first-order valence-corrected chi connectivity index (χ1v) is 13.2. The monoisotopic (exact) mass is 547 g/mol. The summed E-state index contributed by atoms with van der Waals surface area (Å²) in [5, 5.41) is 6.17. The van der Waals surface area contributed by atoms with Crippen LogP contribution in [0.1, 0.15) is 44.9 Å². The second-order valence-corrected chi connectivity index (χ2v) is 10.3. The predicted octanol–water partition coefficient (Wildman–Crippen LogP) is 4.31. The van der Waals surface area contributed by atoms with Crippen molar-refractivity contribution in [2.24, 2.45) is 0 Å². The maximum Gasteiger partial charge on any atom is 0.355 e. The lowest BCUT2D eigenvalue weighted by molar-refractivity contribution is -0.114. The molecule has 4 heterocycles. The molecular formula is C29H31F2N7O2. The Bertz CT molecular complexity index is 1690. The number of carbonyl (C=O) groups excluding carboxylic acids is 1. The summed E-state index contributed by atoms with van der Waals surface area (Å²) in [5.74, 6) is -1.77. The predicted molar refractivity (Wildman–Crippen MR) is 151 cm³/mol. The summed E-state index contributed by atoms with van der Waals surface area (Å²) in [6.45, 7) is 10.9. The summed E-state index contributed by atoms with van der Waals surface area (Å²) < 4.78 is 32.6. The second-order valence-electron chi connectivity index (χ2n) is 10.3. The van der Waals surface area contributed by atoms with Gasteiger partial charge in [0.05, 0.1) is 28.0 Å². The molecule has 0 radical (unpaired) electrons. The number of rotatable bonds is 5. The Morgan fingerprint density at radius 1 is 1.18 bits per heavy atom. The van der Waals surface area contributed by atoms with Crippen LogP contribution in [0.4, 0.5) is 20.3 Å². The first-order chi connectivity index (χ1) is 19.1. The third-order valence-electron chi connectivity index (χ3n) is 7.06. The fraction of sp³-hybridized carbons (Fsp3) is 0.345. The number of nitrogens with zero attached hydrogens (tertiary/aromatic N) is 5. The number of carbonyl (C=O) groups is 1. The molecule has 208 valence electrons. The number of benzene rings is 1. The van der Waals surface area contributed by atoms with Gasteiger partial charge < -0.3 is 15.5 Å². The molecule has 0 bridgehead atoms. The van der Waals surface area contributed by atoms with Gasteiger partial charge in [-0.2, -0.15) is 4.98 Å². The Hall–Kier alpha value is -4.25. The van der Waals surface area contributed by atoms with E-state index in [1.165, 1.54) is 35.8 Å². The van der Waals surface area contributed by atoms with Crippen LogP contribution in [0, 0.1) is 18.6 Å². The fourth-order valence-corrected chi connectivity index (χ4v) is 5.20. The average molecular weight is 548 g/mol. The number of hydrogen-bond acceptors (Lipinski definition) is 7. The van der Waals surface area contributed by atoms with Crippen LogP contribution in [-0.2, 0) is 4.79 Å². The lowest BCUT2D eigenvalue weighted by Crippen LogP contribution is -2.50. The van der Waals surface area contributed by atoms with Crippen LogP contribution in [0.5, 0.6) is 0 Å². The lowest BCUT2D eigenvalue weighted by Gasteiger charge is -2.35. The van der Waals surface area contributed by atoms with Crippen LogP contribution in [0.15, 0.2) is 41.3 Å². The molecule has 9 nitrogen and oxygen atoms in total. The highest BCUT2D eigenvalue weighted by Crippen LogP contribution is 2.36.